The molecular formula is C37H25F2O2S+. The van der Waals surface area contributed by atoms with Gasteiger partial charge in [-0.25, -0.2) is 8.78 Å². The molecule has 0 aliphatic heterocycles. The van der Waals surface area contributed by atoms with Crippen molar-refractivity contribution in [1.82, 2.24) is 0 Å². The number of rotatable bonds is 5. The maximum Gasteiger partial charge on any atom is 0.166 e. The van der Waals surface area contributed by atoms with Crippen LogP contribution in [0.25, 0.3) is 11.1 Å². The average molecular weight is 572 g/mol. The van der Waals surface area contributed by atoms with E-state index in [4.69, 9.17) is 0 Å². The Labute approximate surface area is 245 Å². The van der Waals surface area contributed by atoms with E-state index < -0.39 is 16.3 Å². The third-order valence-corrected chi connectivity index (χ3v) is 10.2. The molecule has 0 saturated carbocycles. The van der Waals surface area contributed by atoms with E-state index in [1.165, 1.54) is 24.3 Å². The first-order valence-electron chi connectivity index (χ1n) is 13.5. The lowest BCUT2D eigenvalue weighted by Gasteiger charge is -2.34. The van der Waals surface area contributed by atoms with E-state index in [9.17, 15) is 19.0 Å². The molecule has 0 spiro atoms. The van der Waals surface area contributed by atoms with Crippen molar-refractivity contribution in [3.63, 3.8) is 0 Å². The summed E-state index contributed by atoms with van der Waals surface area (Å²) in [4.78, 5) is 2.83. The molecule has 0 aromatic heterocycles. The quantitative estimate of drug-likeness (QED) is 0.203. The highest BCUT2D eigenvalue weighted by Crippen LogP contribution is 2.57. The monoisotopic (exact) mass is 571 g/mol. The lowest BCUT2D eigenvalue weighted by Crippen LogP contribution is -2.28. The number of hydrogen-bond acceptors (Lipinski definition) is 2. The first-order chi connectivity index (χ1) is 20.4. The second kappa shape index (κ2) is 10.2. The zero-order valence-corrected chi connectivity index (χ0v) is 23.2. The fraction of sp³-hybridized carbons (Fsp3) is 0.0270. The van der Waals surface area contributed by atoms with Crippen molar-refractivity contribution in [2.75, 3.05) is 0 Å². The van der Waals surface area contributed by atoms with Gasteiger partial charge in [-0.3, -0.25) is 0 Å². The highest BCUT2D eigenvalue weighted by atomic mass is 32.2. The zero-order chi connectivity index (χ0) is 28.8. The molecule has 0 unspecified atom stereocenters. The van der Waals surface area contributed by atoms with Gasteiger partial charge in [-0.2, -0.15) is 0 Å². The smallest absolute Gasteiger partial charge is 0.166 e. The van der Waals surface area contributed by atoms with Crippen molar-refractivity contribution < 1.29 is 19.0 Å². The van der Waals surface area contributed by atoms with Crippen molar-refractivity contribution in [3.8, 4) is 22.6 Å². The van der Waals surface area contributed by atoms with E-state index in [0.29, 0.717) is 0 Å². The van der Waals surface area contributed by atoms with Crippen LogP contribution in [0.5, 0.6) is 11.5 Å². The van der Waals surface area contributed by atoms with Crippen LogP contribution in [0, 0.1) is 11.6 Å². The predicted octanol–water partition coefficient (Wildman–Crippen LogP) is 8.83. The van der Waals surface area contributed by atoms with E-state index in [2.05, 4.69) is 30.3 Å². The SMILES string of the molecule is Oc1ccc(C2(c3ccc(O)cc3)c3ccccc3-c3ccc([S+](c4ccc(F)cc4)c4ccc(F)cc4)cc32)cc1. The average Bonchev–Trinajstić information content (AvgIpc) is 3.30. The number of phenolic OH excluding ortho intramolecular Hbond substituents is 2. The van der Waals surface area contributed by atoms with E-state index in [1.807, 2.05) is 36.4 Å². The Bertz CT molecular complexity index is 1810. The zero-order valence-electron chi connectivity index (χ0n) is 22.3. The minimum absolute atomic E-state index is 0.175. The molecular weight excluding hydrogens is 546 g/mol. The van der Waals surface area contributed by atoms with Crippen LogP contribution in [0.2, 0.25) is 0 Å². The second-order valence-electron chi connectivity index (χ2n) is 10.3. The molecule has 0 bridgehead atoms. The molecule has 2 N–H and O–H groups in total. The Kier molecular flexibility index (Phi) is 6.33. The number of halogens is 2. The summed E-state index contributed by atoms with van der Waals surface area (Å²) >= 11 is 0. The Morgan fingerprint density at radius 1 is 0.452 bits per heavy atom. The number of fused-ring (bicyclic) bond motifs is 3. The third-order valence-electron chi connectivity index (χ3n) is 7.95. The lowest BCUT2D eigenvalue weighted by molar-refractivity contribution is 0.474. The molecule has 204 valence electrons. The van der Waals surface area contributed by atoms with Gasteiger partial charge in [-0.15, -0.1) is 0 Å². The van der Waals surface area contributed by atoms with Crippen LogP contribution in [-0.4, -0.2) is 10.2 Å². The highest BCUT2D eigenvalue weighted by molar-refractivity contribution is 7.97. The fourth-order valence-corrected chi connectivity index (χ4v) is 8.22. The molecule has 42 heavy (non-hydrogen) atoms. The Morgan fingerprint density at radius 2 is 0.905 bits per heavy atom. The molecule has 7 rings (SSSR count). The summed E-state index contributed by atoms with van der Waals surface area (Å²) in [6, 6.07) is 42.3. The second-order valence-corrected chi connectivity index (χ2v) is 12.3. The summed E-state index contributed by atoms with van der Waals surface area (Å²) in [5.41, 5.74) is 5.53. The van der Waals surface area contributed by atoms with Gasteiger partial charge >= 0.3 is 0 Å². The first-order valence-corrected chi connectivity index (χ1v) is 14.8. The summed E-state index contributed by atoms with van der Waals surface area (Å²) in [5.74, 6) is -0.281. The summed E-state index contributed by atoms with van der Waals surface area (Å²) in [5, 5.41) is 20.4. The molecule has 0 heterocycles. The van der Waals surface area contributed by atoms with Gasteiger partial charge in [-0.1, -0.05) is 48.5 Å². The van der Waals surface area contributed by atoms with Gasteiger partial charge in [0.05, 0.1) is 16.3 Å². The van der Waals surface area contributed by atoms with Crippen molar-refractivity contribution in [3.05, 3.63) is 173 Å². The van der Waals surface area contributed by atoms with Gasteiger partial charge in [0, 0.05) is 0 Å². The fourth-order valence-electron chi connectivity index (χ4n) is 6.15. The van der Waals surface area contributed by atoms with Crippen LogP contribution < -0.4 is 0 Å². The topological polar surface area (TPSA) is 40.5 Å². The van der Waals surface area contributed by atoms with E-state index in [1.54, 1.807) is 48.5 Å². The summed E-state index contributed by atoms with van der Waals surface area (Å²) < 4.78 is 28.0. The summed E-state index contributed by atoms with van der Waals surface area (Å²) in [6.07, 6.45) is 0. The molecule has 0 amide bonds. The molecule has 0 atom stereocenters. The largest absolute Gasteiger partial charge is 0.508 e. The number of aromatic hydroxyl groups is 2. The molecule has 6 aromatic carbocycles. The highest BCUT2D eigenvalue weighted by Gasteiger charge is 2.47. The van der Waals surface area contributed by atoms with Gasteiger partial charge < -0.3 is 10.2 Å². The summed E-state index contributed by atoms with van der Waals surface area (Å²) in [6.45, 7) is 0. The third kappa shape index (κ3) is 4.16. The maximum atomic E-state index is 14.0. The molecule has 1 aliphatic rings. The van der Waals surface area contributed by atoms with Crippen molar-refractivity contribution in [2.24, 2.45) is 0 Å². The van der Waals surface area contributed by atoms with Crippen molar-refractivity contribution >= 4 is 10.9 Å². The maximum absolute atomic E-state index is 14.0. The molecule has 5 heteroatoms. The summed E-state index contributed by atoms with van der Waals surface area (Å²) in [7, 11) is -0.656. The molecule has 0 radical (unpaired) electrons. The first kappa shape index (κ1) is 26.1. The van der Waals surface area contributed by atoms with Crippen LogP contribution in [0.3, 0.4) is 0 Å². The van der Waals surface area contributed by atoms with E-state index in [0.717, 1.165) is 48.1 Å². The van der Waals surface area contributed by atoms with E-state index >= 15 is 0 Å². The van der Waals surface area contributed by atoms with Gasteiger partial charge in [0.1, 0.15) is 23.1 Å². The molecule has 1 aliphatic carbocycles. The Balaban J connectivity index is 1.54. The van der Waals surface area contributed by atoms with Crippen LogP contribution in [-0.2, 0) is 16.3 Å². The Morgan fingerprint density at radius 3 is 1.43 bits per heavy atom. The number of benzene rings is 6. The van der Waals surface area contributed by atoms with Crippen LogP contribution in [0.4, 0.5) is 8.78 Å². The number of phenols is 2. The minimum atomic E-state index is -0.746. The number of hydrogen-bond donors (Lipinski definition) is 2. The van der Waals surface area contributed by atoms with Gasteiger partial charge in [-0.05, 0) is 124 Å². The molecule has 2 nitrogen and oxygen atoms in total. The standard InChI is InChI=1S/C37H24F2O2S/c38-26-9-17-30(18-10-26)42(31-19-11-27(39)12-20-31)32-21-22-34-33-3-1-2-4-35(33)37(36(34)23-32,24-5-13-28(40)14-6-24)25-7-15-29(41)16-8-25/h1-23H,(H-,40,41)/p+1. The molecule has 0 saturated heterocycles. The van der Waals surface area contributed by atoms with E-state index in [-0.39, 0.29) is 23.1 Å². The minimum Gasteiger partial charge on any atom is -0.508 e. The predicted molar refractivity (Wildman–Crippen MR) is 162 cm³/mol. The van der Waals surface area contributed by atoms with Gasteiger partial charge in [0.2, 0.25) is 0 Å². The molecule has 6 aromatic rings. The van der Waals surface area contributed by atoms with Crippen molar-refractivity contribution in [2.45, 2.75) is 20.1 Å². The van der Waals surface area contributed by atoms with Crippen LogP contribution >= 0.6 is 0 Å². The normalized spacial score (nSPS) is 13.1. The van der Waals surface area contributed by atoms with Crippen LogP contribution in [0.1, 0.15) is 22.3 Å². The molecule has 0 fully saturated rings. The lowest BCUT2D eigenvalue weighted by atomic mass is 9.67. The van der Waals surface area contributed by atoms with Crippen LogP contribution in [0.15, 0.2) is 154 Å². The van der Waals surface area contributed by atoms with Gasteiger partial charge in [0.25, 0.3) is 0 Å². The van der Waals surface area contributed by atoms with Crippen molar-refractivity contribution in [1.29, 1.82) is 0 Å². The Hall–Kier alpha value is -4.87. The van der Waals surface area contributed by atoms with Gasteiger partial charge in [0.15, 0.2) is 14.7 Å².